The molecule has 1 atom stereocenters. The maximum absolute atomic E-state index is 13.5. The van der Waals surface area contributed by atoms with Gasteiger partial charge in [0.05, 0.1) is 13.1 Å². The number of piperidine rings is 1. The molecule has 0 spiro atoms. The van der Waals surface area contributed by atoms with Gasteiger partial charge in [-0.05, 0) is 13.0 Å². The molecule has 0 N–H and O–H groups in total. The number of rotatable bonds is 2. The van der Waals surface area contributed by atoms with E-state index in [0.29, 0.717) is 13.0 Å². The molecule has 0 aliphatic carbocycles. The van der Waals surface area contributed by atoms with Gasteiger partial charge in [0.1, 0.15) is 5.82 Å². The molecule has 0 bridgehead atoms. The number of likely N-dealkylation sites (tertiary alicyclic amines) is 1. The largest absolute Gasteiger partial charge is 0.337 e. The Kier molecular flexibility index (Phi) is 2.97. The van der Waals surface area contributed by atoms with Crippen molar-refractivity contribution in [2.24, 2.45) is 13.0 Å². The van der Waals surface area contributed by atoms with Crippen LogP contribution in [0.5, 0.6) is 0 Å². The molecule has 3 nitrogen and oxygen atoms in total. The quantitative estimate of drug-likeness (QED) is 0.772. The van der Waals surface area contributed by atoms with E-state index in [4.69, 9.17) is 0 Å². The molecule has 1 unspecified atom stereocenters. The summed E-state index contributed by atoms with van der Waals surface area (Å²) in [5.41, 5.74) is 0. The average molecular weight is 229 g/mol. The number of aromatic nitrogens is 2. The topological polar surface area (TPSA) is 21.1 Å². The highest BCUT2D eigenvalue weighted by Gasteiger charge is 2.41. The second kappa shape index (κ2) is 4.13. The van der Waals surface area contributed by atoms with Crippen molar-refractivity contribution in [3.05, 3.63) is 18.2 Å². The standard InChI is InChI=1S/C11H17F2N3/c1-9-3-5-16(8-11(9,12)13)7-10-14-4-6-15(10)2/h4,6,9H,3,5,7-8H2,1-2H3. The van der Waals surface area contributed by atoms with Crippen LogP contribution in [0.15, 0.2) is 12.4 Å². The number of nitrogens with zero attached hydrogens (tertiary/aromatic N) is 3. The zero-order valence-corrected chi connectivity index (χ0v) is 9.66. The summed E-state index contributed by atoms with van der Waals surface area (Å²) in [4.78, 5) is 5.93. The third-order valence-corrected chi connectivity index (χ3v) is 3.32. The van der Waals surface area contributed by atoms with E-state index in [9.17, 15) is 8.78 Å². The first-order valence-electron chi connectivity index (χ1n) is 5.55. The van der Waals surface area contributed by atoms with Crippen LogP contribution in [0.3, 0.4) is 0 Å². The molecule has 0 radical (unpaired) electrons. The molecule has 1 aromatic rings. The van der Waals surface area contributed by atoms with Gasteiger partial charge in [-0.3, -0.25) is 4.90 Å². The fourth-order valence-corrected chi connectivity index (χ4v) is 2.00. The summed E-state index contributed by atoms with van der Waals surface area (Å²) >= 11 is 0. The lowest BCUT2D eigenvalue weighted by molar-refractivity contribution is -0.107. The van der Waals surface area contributed by atoms with Gasteiger partial charge in [0, 0.05) is 25.4 Å². The Morgan fingerprint density at radius 2 is 2.31 bits per heavy atom. The molecule has 2 heterocycles. The summed E-state index contributed by atoms with van der Waals surface area (Å²) in [5, 5.41) is 0. The van der Waals surface area contributed by atoms with E-state index in [0.717, 1.165) is 12.4 Å². The van der Waals surface area contributed by atoms with E-state index in [2.05, 4.69) is 4.98 Å². The lowest BCUT2D eigenvalue weighted by Gasteiger charge is -2.36. The van der Waals surface area contributed by atoms with Crippen LogP contribution < -0.4 is 0 Å². The molecule has 1 aromatic heterocycles. The first-order chi connectivity index (χ1) is 7.49. The molecular weight excluding hydrogens is 212 g/mol. The number of hydrogen-bond acceptors (Lipinski definition) is 2. The minimum Gasteiger partial charge on any atom is -0.337 e. The van der Waals surface area contributed by atoms with E-state index in [1.165, 1.54) is 0 Å². The zero-order valence-electron chi connectivity index (χ0n) is 9.66. The maximum Gasteiger partial charge on any atom is 0.263 e. The van der Waals surface area contributed by atoms with Gasteiger partial charge in [-0.25, -0.2) is 13.8 Å². The maximum atomic E-state index is 13.5. The van der Waals surface area contributed by atoms with E-state index in [1.54, 1.807) is 18.0 Å². The molecule has 1 saturated heterocycles. The third kappa shape index (κ3) is 2.24. The van der Waals surface area contributed by atoms with Crippen LogP contribution in [0.25, 0.3) is 0 Å². The van der Waals surface area contributed by atoms with E-state index >= 15 is 0 Å². The molecule has 1 aliphatic heterocycles. The molecular formula is C11H17F2N3. The Balaban J connectivity index is 2.00. The third-order valence-electron chi connectivity index (χ3n) is 3.32. The molecule has 0 saturated carbocycles. The number of aryl methyl sites for hydroxylation is 1. The van der Waals surface area contributed by atoms with Gasteiger partial charge in [0.25, 0.3) is 5.92 Å². The van der Waals surface area contributed by atoms with E-state index in [1.807, 2.05) is 17.8 Å². The van der Waals surface area contributed by atoms with Crippen LogP contribution >= 0.6 is 0 Å². The lowest BCUT2D eigenvalue weighted by atomic mass is 9.95. The highest BCUT2D eigenvalue weighted by molar-refractivity contribution is 4.93. The van der Waals surface area contributed by atoms with Crippen molar-refractivity contribution in [1.29, 1.82) is 0 Å². The highest BCUT2D eigenvalue weighted by atomic mass is 19.3. The predicted molar refractivity (Wildman–Crippen MR) is 57.2 cm³/mol. The Labute approximate surface area is 94.1 Å². The minimum absolute atomic E-state index is 0.152. The van der Waals surface area contributed by atoms with Gasteiger partial charge in [-0.1, -0.05) is 6.92 Å². The normalized spacial score (nSPS) is 25.9. The van der Waals surface area contributed by atoms with Crippen molar-refractivity contribution in [2.75, 3.05) is 13.1 Å². The van der Waals surface area contributed by atoms with Crippen molar-refractivity contribution in [3.8, 4) is 0 Å². The van der Waals surface area contributed by atoms with E-state index < -0.39 is 11.8 Å². The monoisotopic (exact) mass is 229 g/mol. The Morgan fingerprint density at radius 3 is 2.88 bits per heavy atom. The van der Waals surface area contributed by atoms with Gasteiger partial charge >= 0.3 is 0 Å². The Bertz CT molecular complexity index is 362. The fourth-order valence-electron chi connectivity index (χ4n) is 2.00. The van der Waals surface area contributed by atoms with Crippen LogP contribution in [-0.2, 0) is 13.6 Å². The van der Waals surface area contributed by atoms with Gasteiger partial charge in [-0.15, -0.1) is 0 Å². The second-order valence-corrected chi connectivity index (χ2v) is 4.62. The van der Waals surface area contributed by atoms with Crippen molar-refractivity contribution in [1.82, 2.24) is 14.5 Å². The number of alkyl halides is 2. The summed E-state index contributed by atoms with van der Waals surface area (Å²) < 4.78 is 28.9. The SMILES string of the molecule is CC1CCN(Cc2nccn2C)CC1(F)F. The van der Waals surface area contributed by atoms with Crippen molar-refractivity contribution in [3.63, 3.8) is 0 Å². The summed E-state index contributed by atoms with van der Waals surface area (Å²) in [5.74, 6) is -2.24. The Morgan fingerprint density at radius 1 is 1.56 bits per heavy atom. The summed E-state index contributed by atoms with van der Waals surface area (Å²) in [6.45, 7) is 2.70. The van der Waals surface area contributed by atoms with Crippen LogP contribution in [0, 0.1) is 5.92 Å². The smallest absolute Gasteiger partial charge is 0.263 e. The summed E-state index contributed by atoms with van der Waals surface area (Å²) in [7, 11) is 1.88. The molecule has 0 aromatic carbocycles. The predicted octanol–water partition coefficient (Wildman–Crippen LogP) is 1.90. The number of imidazole rings is 1. The lowest BCUT2D eigenvalue weighted by Crippen LogP contribution is -2.47. The molecule has 1 fully saturated rings. The van der Waals surface area contributed by atoms with Gasteiger partial charge < -0.3 is 4.57 Å². The molecule has 0 amide bonds. The fraction of sp³-hybridized carbons (Fsp3) is 0.727. The van der Waals surface area contributed by atoms with Crippen LogP contribution in [0.1, 0.15) is 19.2 Å². The van der Waals surface area contributed by atoms with Crippen molar-refractivity contribution < 1.29 is 8.78 Å². The molecule has 5 heteroatoms. The first-order valence-corrected chi connectivity index (χ1v) is 5.55. The molecule has 2 rings (SSSR count). The van der Waals surface area contributed by atoms with Crippen LogP contribution in [0.4, 0.5) is 8.78 Å². The second-order valence-electron chi connectivity index (χ2n) is 4.62. The first kappa shape index (κ1) is 11.5. The van der Waals surface area contributed by atoms with Crippen LogP contribution in [0.2, 0.25) is 0 Å². The Hall–Kier alpha value is -0.970. The zero-order chi connectivity index (χ0) is 11.8. The number of hydrogen-bond donors (Lipinski definition) is 0. The van der Waals surface area contributed by atoms with Crippen LogP contribution in [-0.4, -0.2) is 33.5 Å². The van der Waals surface area contributed by atoms with Gasteiger partial charge in [-0.2, -0.15) is 0 Å². The molecule has 16 heavy (non-hydrogen) atoms. The van der Waals surface area contributed by atoms with Gasteiger partial charge in [0.2, 0.25) is 0 Å². The highest BCUT2D eigenvalue weighted by Crippen LogP contribution is 2.32. The number of halogens is 2. The van der Waals surface area contributed by atoms with E-state index in [-0.39, 0.29) is 6.54 Å². The van der Waals surface area contributed by atoms with Crippen molar-refractivity contribution in [2.45, 2.75) is 25.8 Å². The molecule has 1 aliphatic rings. The summed E-state index contributed by atoms with van der Waals surface area (Å²) in [6, 6.07) is 0. The van der Waals surface area contributed by atoms with Crippen molar-refractivity contribution >= 4 is 0 Å². The minimum atomic E-state index is -2.57. The molecule has 90 valence electrons. The summed E-state index contributed by atoms with van der Waals surface area (Å²) in [6.07, 6.45) is 4.08. The van der Waals surface area contributed by atoms with Gasteiger partial charge in [0.15, 0.2) is 0 Å². The average Bonchev–Trinajstić information content (AvgIpc) is 2.58.